The zero-order valence-electron chi connectivity index (χ0n) is 6.12. The summed E-state index contributed by atoms with van der Waals surface area (Å²) in [5.74, 6) is 0. The smallest absolute Gasteiger partial charge is 0.237 e. The first-order valence-corrected chi connectivity index (χ1v) is 3.40. The number of hydrogen-bond donors (Lipinski definition) is 3. The molecule has 0 aromatic carbocycles. The van der Waals surface area contributed by atoms with Crippen molar-refractivity contribution in [2.45, 2.75) is 24.5 Å². The fourth-order valence-corrected chi connectivity index (χ4v) is 1.04. The lowest BCUT2D eigenvalue weighted by Gasteiger charge is -2.09. The lowest BCUT2D eigenvalue weighted by Crippen LogP contribution is -2.33. The van der Waals surface area contributed by atoms with Crippen molar-refractivity contribution in [3.8, 4) is 0 Å². The van der Waals surface area contributed by atoms with Gasteiger partial charge in [0.15, 0.2) is 6.23 Å². The Bertz CT molecular complexity index is 202. The molecule has 6 nitrogen and oxygen atoms in total. The minimum atomic E-state index is -1.27. The van der Waals surface area contributed by atoms with Gasteiger partial charge in [-0.15, -0.1) is 0 Å². The average Bonchev–Trinajstić information content (AvgIpc) is 2.33. The average molecular weight is 175 g/mol. The van der Waals surface area contributed by atoms with Gasteiger partial charge in [0, 0.05) is 0 Å². The first-order valence-electron chi connectivity index (χ1n) is 3.40. The van der Waals surface area contributed by atoms with Gasteiger partial charge in [-0.1, -0.05) is 0 Å². The molecule has 0 saturated carbocycles. The Balaban J connectivity index is 2.66. The van der Waals surface area contributed by atoms with Gasteiger partial charge in [-0.3, -0.25) is 0 Å². The van der Waals surface area contributed by atoms with E-state index in [1.165, 1.54) is 6.08 Å². The quantitative estimate of drug-likeness (QED) is 0.325. The van der Waals surface area contributed by atoms with Crippen LogP contribution in [0.4, 0.5) is 0 Å². The standard InChI is InChI=1S/C6H9NO5/c8-1-3-4(10)5(11)6(12-3)7-2-9/h3-6,8,10-11H,1H2/t3-,4-,5-,6?/m1/s1. The number of aliphatic hydroxyl groups excluding tert-OH is 3. The van der Waals surface area contributed by atoms with Gasteiger partial charge in [0.05, 0.1) is 6.61 Å². The maximum Gasteiger partial charge on any atom is 0.237 e. The number of rotatable bonds is 2. The van der Waals surface area contributed by atoms with E-state index in [1.807, 2.05) is 0 Å². The molecule has 1 saturated heterocycles. The second-order valence-electron chi connectivity index (χ2n) is 2.45. The van der Waals surface area contributed by atoms with E-state index >= 15 is 0 Å². The molecular weight excluding hydrogens is 166 g/mol. The van der Waals surface area contributed by atoms with E-state index < -0.39 is 31.1 Å². The summed E-state index contributed by atoms with van der Waals surface area (Å²) in [6.45, 7) is -0.427. The molecule has 6 heteroatoms. The monoisotopic (exact) mass is 175 g/mol. The molecule has 68 valence electrons. The lowest BCUT2D eigenvalue weighted by molar-refractivity contribution is -0.0193. The summed E-state index contributed by atoms with van der Waals surface area (Å²) in [7, 11) is 0. The summed E-state index contributed by atoms with van der Waals surface area (Å²) in [5, 5.41) is 26.9. The van der Waals surface area contributed by atoms with E-state index in [0.29, 0.717) is 0 Å². The van der Waals surface area contributed by atoms with Crippen LogP contribution in [-0.2, 0) is 9.53 Å². The van der Waals surface area contributed by atoms with Gasteiger partial charge in [0.1, 0.15) is 18.3 Å². The Hall–Kier alpha value is -0.780. The van der Waals surface area contributed by atoms with Gasteiger partial charge in [-0.25, -0.2) is 4.79 Å². The number of aliphatic hydroxyl groups is 3. The number of nitrogens with zero attached hydrogens (tertiary/aromatic N) is 1. The van der Waals surface area contributed by atoms with Crippen LogP contribution < -0.4 is 0 Å². The third-order valence-corrected chi connectivity index (χ3v) is 1.70. The van der Waals surface area contributed by atoms with E-state index in [0.717, 1.165) is 0 Å². The van der Waals surface area contributed by atoms with Crippen molar-refractivity contribution in [1.82, 2.24) is 0 Å². The molecule has 0 radical (unpaired) electrons. The van der Waals surface area contributed by atoms with E-state index in [9.17, 15) is 4.79 Å². The van der Waals surface area contributed by atoms with Gasteiger partial charge in [0.2, 0.25) is 6.08 Å². The largest absolute Gasteiger partial charge is 0.394 e. The molecule has 0 bridgehead atoms. The summed E-state index contributed by atoms with van der Waals surface area (Å²) < 4.78 is 4.80. The van der Waals surface area contributed by atoms with E-state index in [2.05, 4.69) is 4.99 Å². The minimum Gasteiger partial charge on any atom is -0.394 e. The Morgan fingerprint density at radius 3 is 2.50 bits per heavy atom. The Labute approximate surface area is 68.1 Å². The Morgan fingerprint density at radius 2 is 2.08 bits per heavy atom. The third-order valence-electron chi connectivity index (χ3n) is 1.70. The van der Waals surface area contributed by atoms with Crippen molar-refractivity contribution >= 4 is 6.08 Å². The van der Waals surface area contributed by atoms with E-state index in [4.69, 9.17) is 20.1 Å². The summed E-state index contributed by atoms with van der Waals surface area (Å²) in [6.07, 6.45) is -3.29. The van der Waals surface area contributed by atoms with Crippen LogP contribution in [0, 0.1) is 0 Å². The second-order valence-corrected chi connectivity index (χ2v) is 2.45. The SMILES string of the molecule is O=C=NC1O[C@H](CO)[C@@H](O)[C@H]1O. The first kappa shape index (κ1) is 9.31. The molecule has 4 atom stereocenters. The van der Waals surface area contributed by atoms with Gasteiger partial charge in [0.25, 0.3) is 0 Å². The molecule has 1 aliphatic rings. The fourth-order valence-electron chi connectivity index (χ4n) is 1.04. The lowest BCUT2D eigenvalue weighted by atomic mass is 10.1. The number of ether oxygens (including phenoxy) is 1. The van der Waals surface area contributed by atoms with E-state index in [1.54, 1.807) is 0 Å². The maximum absolute atomic E-state index is 9.78. The first-order chi connectivity index (χ1) is 5.70. The van der Waals surface area contributed by atoms with Crippen LogP contribution in [0.2, 0.25) is 0 Å². The Morgan fingerprint density at radius 1 is 1.42 bits per heavy atom. The van der Waals surface area contributed by atoms with Gasteiger partial charge in [-0.05, 0) is 0 Å². The highest BCUT2D eigenvalue weighted by molar-refractivity contribution is 5.33. The molecule has 1 rings (SSSR count). The van der Waals surface area contributed by atoms with Crippen LogP contribution >= 0.6 is 0 Å². The number of hydrogen-bond acceptors (Lipinski definition) is 6. The molecule has 0 aromatic rings. The molecular formula is C6H9NO5. The summed E-state index contributed by atoms with van der Waals surface area (Å²) in [6, 6.07) is 0. The van der Waals surface area contributed by atoms with Crippen LogP contribution in [0.25, 0.3) is 0 Å². The molecule has 0 aliphatic carbocycles. The van der Waals surface area contributed by atoms with Crippen molar-refractivity contribution in [3.63, 3.8) is 0 Å². The highest BCUT2D eigenvalue weighted by Crippen LogP contribution is 2.21. The molecule has 12 heavy (non-hydrogen) atoms. The number of aliphatic imine (C=N–C) groups is 1. The molecule has 0 spiro atoms. The number of isocyanates is 1. The van der Waals surface area contributed by atoms with Gasteiger partial charge in [-0.2, -0.15) is 4.99 Å². The normalized spacial score (nSPS) is 40.9. The van der Waals surface area contributed by atoms with Crippen LogP contribution in [0.15, 0.2) is 4.99 Å². The van der Waals surface area contributed by atoms with Gasteiger partial charge < -0.3 is 20.1 Å². The van der Waals surface area contributed by atoms with Crippen molar-refractivity contribution in [1.29, 1.82) is 0 Å². The predicted octanol–water partition coefficient (Wildman–Crippen LogP) is -2.24. The molecule has 0 aromatic heterocycles. The third kappa shape index (κ3) is 1.52. The van der Waals surface area contributed by atoms with Crippen LogP contribution in [0.1, 0.15) is 0 Å². The summed E-state index contributed by atoms with van der Waals surface area (Å²) in [5.41, 5.74) is 0. The number of carbonyl (C=O) groups excluding carboxylic acids is 1. The Kier molecular flexibility index (Phi) is 2.91. The van der Waals surface area contributed by atoms with Gasteiger partial charge >= 0.3 is 0 Å². The van der Waals surface area contributed by atoms with Crippen LogP contribution in [-0.4, -0.2) is 52.5 Å². The molecule has 3 N–H and O–H groups in total. The molecule has 1 aliphatic heterocycles. The van der Waals surface area contributed by atoms with Crippen molar-refractivity contribution in [2.75, 3.05) is 6.61 Å². The van der Waals surface area contributed by atoms with Crippen molar-refractivity contribution < 1.29 is 24.9 Å². The summed E-state index contributed by atoms with van der Waals surface area (Å²) >= 11 is 0. The van der Waals surface area contributed by atoms with Crippen LogP contribution in [0.5, 0.6) is 0 Å². The highest BCUT2D eigenvalue weighted by Gasteiger charge is 2.42. The maximum atomic E-state index is 9.78. The second kappa shape index (κ2) is 3.75. The van der Waals surface area contributed by atoms with Crippen molar-refractivity contribution in [3.05, 3.63) is 0 Å². The minimum absolute atomic E-state index is 0.427. The van der Waals surface area contributed by atoms with Crippen LogP contribution in [0.3, 0.4) is 0 Å². The zero-order chi connectivity index (χ0) is 9.14. The predicted molar refractivity (Wildman–Crippen MR) is 35.9 cm³/mol. The zero-order valence-corrected chi connectivity index (χ0v) is 6.12. The fraction of sp³-hybridized carbons (Fsp3) is 0.833. The molecule has 1 heterocycles. The highest BCUT2D eigenvalue weighted by atomic mass is 16.6. The molecule has 1 fully saturated rings. The molecule has 1 unspecified atom stereocenters. The van der Waals surface area contributed by atoms with Crippen molar-refractivity contribution in [2.24, 2.45) is 4.99 Å². The topological polar surface area (TPSA) is 99.4 Å². The molecule has 0 amide bonds. The van der Waals surface area contributed by atoms with E-state index in [-0.39, 0.29) is 0 Å². The summed E-state index contributed by atoms with van der Waals surface area (Å²) in [4.78, 5) is 12.9.